The minimum Gasteiger partial charge on any atom is -0.387 e. The predicted octanol–water partition coefficient (Wildman–Crippen LogP) is 0.849. The van der Waals surface area contributed by atoms with E-state index in [-0.39, 0.29) is 12.5 Å². The molecule has 1 aromatic heterocycles. The molecule has 16 heavy (non-hydrogen) atoms. The molecule has 0 spiro atoms. The number of hydrogen-bond acceptors (Lipinski definition) is 4. The molecule has 0 aliphatic heterocycles. The Kier molecular flexibility index (Phi) is 5.45. The molecular formula is C11H18N2O2S. The van der Waals surface area contributed by atoms with Crippen LogP contribution in [0.1, 0.15) is 18.1 Å². The molecule has 0 saturated heterocycles. The Bertz CT molecular complexity index is 312. The molecule has 4 nitrogen and oxygen atoms in total. The Balaban J connectivity index is 2.21. The number of carbonyl (C=O) groups excluding carboxylic acids is 1. The summed E-state index contributed by atoms with van der Waals surface area (Å²) in [5.74, 6) is -0.0250. The molecule has 1 atom stereocenters. The van der Waals surface area contributed by atoms with Crippen LogP contribution in [0.4, 0.5) is 0 Å². The fraction of sp³-hybridized carbons (Fsp3) is 0.545. The maximum absolute atomic E-state index is 11.4. The van der Waals surface area contributed by atoms with Crippen molar-refractivity contribution < 1.29 is 9.90 Å². The van der Waals surface area contributed by atoms with Crippen molar-refractivity contribution in [2.75, 3.05) is 27.2 Å². The number of nitrogens with zero attached hydrogens (tertiary/aromatic N) is 1. The number of aliphatic hydroxyl groups excluding tert-OH is 1. The third-order valence-electron chi connectivity index (χ3n) is 2.21. The first-order valence-corrected chi connectivity index (χ1v) is 6.15. The molecule has 0 aliphatic rings. The molecule has 90 valence electrons. The van der Waals surface area contributed by atoms with Crippen molar-refractivity contribution in [3.05, 3.63) is 22.4 Å². The van der Waals surface area contributed by atoms with E-state index in [1.54, 1.807) is 0 Å². The number of rotatable bonds is 6. The largest absolute Gasteiger partial charge is 0.387 e. The minimum atomic E-state index is -0.602. The van der Waals surface area contributed by atoms with Crippen molar-refractivity contribution in [3.63, 3.8) is 0 Å². The quantitative estimate of drug-likeness (QED) is 0.777. The van der Waals surface area contributed by atoms with Crippen LogP contribution < -0.4 is 5.32 Å². The average molecular weight is 242 g/mol. The molecule has 0 aliphatic carbocycles. The molecule has 2 N–H and O–H groups in total. The second kappa shape index (κ2) is 6.62. The normalized spacial score (nSPS) is 12.8. The van der Waals surface area contributed by atoms with Gasteiger partial charge < -0.3 is 15.3 Å². The van der Waals surface area contributed by atoms with Crippen molar-refractivity contribution in [1.82, 2.24) is 10.2 Å². The molecular weight excluding hydrogens is 224 g/mol. The van der Waals surface area contributed by atoms with E-state index >= 15 is 0 Å². The topological polar surface area (TPSA) is 52.6 Å². The van der Waals surface area contributed by atoms with Crippen molar-refractivity contribution in [1.29, 1.82) is 0 Å². The second-order valence-corrected chi connectivity index (χ2v) is 4.71. The maximum Gasteiger partial charge on any atom is 0.221 e. The van der Waals surface area contributed by atoms with Gasteiger partial charge in [0, 0.05) is 19.5 Å². The van der Waals surface area contributed by atoms with Crippen LogP contribution in [0.2, 0.25) is 0 Å². The smallest absolute Gasteiger partial charge is 0.221 e. The van der Waals surface area contributed by atoms with E-state index in [9.17, 15) is 9.90 Å². The molecule has 0 saturated carbocycles. The highest BCUT2D eigenvalue weighted by Gasteiger charge is 2.09. The van der Waals surface area contributed by atoms with Crippen LogP contribution in [-0.4, -0.2) is 43.1 Å². The van der Waals surface area contributed by atoms with Gasteiger partial charge in [-0.2, -0.15) is 11.3 Å². The highest BCUT2D eigenvalue weighted by Crippen LogP contribution is 2.14. The Morgan fingerprint density at radius 2 is 2.38 bits per heavy atom. The van der Waals surface area contributed by atoms with E-state index < -0.39 is 6.10 Å². The molecule has 0 radical (unpaired) electrons. The van der Waals surface area contributed by atoms with Crippen LogP contribution in [0.25, 0.3) is 0 Å². The van der Waals surface area contributed by atoms with Crippen molar-refractivity contribution in [2.45, 2.75) is 12.5 Å². The van der Waals surface area contributed by atoms with Gasteiger partial charge in [-0.25, -0.2) is 0 Å². The minimum absolute atomic E-state index is 0.0250. The maximum atomic E-state index is 11.4. The van der Waals surface area contributed by atoms with E-state index in [2.05, 4.69) is 5.32 Å². The molecule has 1 unspecified atom stereocenters. The summed E-state index contributed by atoms with van der Waals surface area (Å²) in [6, 6.07) is 1.86. The average Bonchev–Trinajstić information content (AvgIpc) is 2.76. The first-order valence-electron chi connectivity index (χ1n) is 5.21. The Morgan fingerprint density at radius 3 is 2.94 bits per heavy atom. The summed E-state index contributed by atoms with van der Waals surface area (Å²) < 4.78 is 0. The van der Waals surface area contributed by atoms with Crippen LogP contribution in [0.15, 0.2) is 16.8 Å². The molecule has 1 amide bonds. The van der Waals surface area contributed by atoms with E-state index in [4.69, 9.17) is 0 Å². The lowest BCUT2D eigenvalue weighted by Gasteiger charge is -2.12. The lowest BCUT2D eigenvalue weighted by atomic mass is 10.2. The third-order valence-corrected chi connectivity index (χ3v) is 2.91. The summed E-state index contributed by atoms with van der Waals surface area (Å²) >= 11 is 1.54. The van der Waals surface area contributed by atoms with E-state index in [1.165, 1.54) is 11.3 Å². The van der Waals surface area contributed by atoms with Crippen LogP contribution in [0.3, 0.4) is 0 Å². The molecule has 5 heteroatoms. The predicted molar refractivity (Wildman–Crippen MR) is 65.5 cm³/mol. The Morgan fingerprint density at radius 1 is 1.62 bits per heavy atom. The van der Waals surface area contributed by atoms with Crippen LogP contribution in [0, 0.1) is 0 Å². The van der Waals surface area contributed by atoms with Gasteiger partial charge in [0.15, 0.2) is 0 Å². The van der Waals surface area contributed by atoms with Crippen LogP contribution in [-0.2, 0) is 4.79 Å². The van der Waals surface area contributed by atoms with Gasteiger partial charge in [-0.3, -0.25) is 4.79 Å². The zero-order valence-electron chi connectivity index (χ0n) is 9.64. The summed E-state index contributed by atoms with van der Waals surface area (Å²) in [5.41, 5.74) is 0.859. The van der Waals surface area contributed by atoms with E-state index in [1.807, 2.05) is 35.8 Å². The molecule has 1 aromatic rings. The Hall–Kier alpha value is -0.910. The SMILES string of the molecule is CN(C)CCC(=O)NCC(O)c1ccsc1. The van der Waals surface area contributed by atoms with Gasteiger partial charge in [0.25, 0.3) is 0 Å². The van der Waals surface area contributed by atoms with Gasteiger partial charge >= 0.3 is 0 Å². The number of hydrogen-bond donors (Lipinski definition) is 2. The van der Waals surface area contributed by atoms with Gasteiger partial charge in [0.1, 0.15) is 0 Å². The number of nitrogens with one attached hydrogen (secondary N) is 1. The highest BCUT2D eigenvalue weighted by atomic mass is 32.1. The van der Waals surface area contributed by atoms with E-state index in [0.29, 0.717) is 6.42 Å². The van der Waals surface area contributed by atoms with Crippen molar-refractivity contribution >= 4 is 17.2 Å². The summed E-state index contributed by atoms with van der Waals surface area (Å²) in [6.45, 7) is 1.00. The summed E-state index contributed by atoms with van der Waals surface area (Å²) in [4.78, 5) is 13.3. The fourth-order valence-electron chi connectivity index (χ4n) is 1.21. The number of thiophene rings is 1. The number of amides is 1. The molecule has 1 rings (SSSR count). The molecule has 0 aromatic carbocycles. The molecule has 1 heterocycles. The second-order valence-electron chi connectivity index (χ2n) is 3.93. The van der Waals surface area contributed by atoms with Gasteiger partial charge in [0.05, 0.1) is 6.10 Å². The standard InChI is InChI=1S/C11H18N2O2S/c1-13(2)5-3-11(15)12-7-10(14)9-4-6-16-8-9/h4,6,8,10,14H,3,5,7H2,1-2H3,(H,12,15). The lowest BCUT2D eigenvalue weighted by Crippen LogP contribution is -2.30. The third kappa shape index (κ3) is 4.74. The lowest BCUT2D eigenvalue weighted by molar-refractivity contribution is -0.121. The van der Waals surface area contributed by atoms with Gasteiger partial charge in [-0.1, -0.05) is 0 Å². The molecule has 0 fully saturated rings. The summed E-state index contributed by atoms with van der Waals surface area (Å²) in [5, 5.41) is 16.2. The zero-order chi connectivity index (χ0) is 12.0. The summed E-state index contributed by atoms with van der Waals surface area (Å²) in [6.07, 6.45) is -0.141. The highest BCUT2D eigenvalue weighted by molar-refractivity contribution is 7.07. The first-order chi connectivity index (χ1) is 7.59. The number of aliphatic hydroxyl groups is 1. The van der Waals surface area contributed by atoms with Crippen molar-refractivity contribution in [2.24, 2.45) is 0 Å². The Labute approximate surface area is 99.9 Å². The first kappa shape index (κ1) is 13.2. The summed E-state index contributed by atoms with van der Waals surface area (Å²) in [7, 11) is 3.85. The van der Waals surface area contributed by atoms with Crippen molar-refractivity contribution in [3.8, 4) is 0 Å². The monoisotopic (exact) mass is 242 g/mol. The number of carbonyl (C=O) groups is 1. The van der Waals surface area contributed by atoms with Crippen LogP contribution in [0.5, 0.6) is 0 Å². The van der Waals surface area contributed by atoms with Gasteiger partial charge in [0.2, 0.25) is 5.91 Å². The zero-order valence-corrected chi connectivity index (χ0v) is 10.5. The van der Waals surface area contributed by atoms with Crippen LogP contribution >= 0.6 is 11.3 Å². The van der Waals surface area contributed by atoms with Gasteiger partial charge in [-0.05, 0) is 36.5 Å². The van der Waals surface area contributed by atoms with Gasteiger partial charge in [-0.15, -0.1) is 0 Å². The van der Waals surface area contributed by atoms with E-state index in [0.717, 1.165) is 12.1 Å². The fourth-order valence-corrected chi connectivity index (χ4v) is 1.91. The molecule has 0 bridgehead atoms.